The quantitative estimate of drug-likeness (QED) is 0.901. The average molecular weight is 308 g/mol. The molecule has 0 fully saturated rings. The summed E-state index contributed by atoms with van der Waals surface area (Å²) in [6.07, 6.45) is 3.19. The van der Waals surface area contributed by atoms with E-state index >= 15 is 0 Å². The smallest absolute Gasteiger partial charge is 0.257 e. The van der Waals surface area contributed by atoms with Crippen LogP contribution in [0.1, 0.15) is 23.6 Å². The molecule has 0 bridgehead atoms. The molecule has 2 aromatic rings. The number of aryl methyl sites for hydroxylation is 1. The van der Waals surface area contributed by atoms with Gasteiger partial charge in [-0.15, -0.1) is 0 Å². The maximum Gasteiger partial charge on any atom is 0.257 e. The minimum atomic E-state index is -1.65. The number of aromatic nitrogens is 1. The number of benzene rings is 1. The summed E-state index contributed by atoms with van der Waals surface area (Å²) >= 11 is 0. The summed E-state index contributed by atoms with van der Waals surface area (Å²) in [5.41, 5.74) is 0.606. The molecule has 116 valence electrons. The Hall–Kier alpha value is -3.09. The van der Waals surface area contributed by atoms with Crippen LogP contribution in [0.15, 0.2) is 36.7 Å². The molecule has 0 saturated heterocycles. The van der Waals surface area contributed by atoms with E-state index in [0.29, 0.717) is 16.8 Å². The Morgan fingerprint density at radius 3 is 2.65 bits per heavy atom. The van der Waals surface area contributed by atoms with Gasteiger partial charge in [-0.2, -0.15) is 10.5 Å². The van der Waals surface area contributed by atoms with Gasteiger partial charge >= 0.3 is 0 Å². The van der Waals surface area contributed by atoms with E-state index in [1.54, 1.807) is 48.1 Å². The number of rotatable bonds is 4. The topological polar surface area (TPSA) is 102 Å². The zero-order valence-electron chi connectivity index (χ0n) is 12.9. The first-order valence-corrected chi connectivity index (χ1v) is 6.96. The monoisotopic (exact) mass is 308 g/mol. The van der Waals surface area contributed by atoms with Gasteiger partial charge in [-0.1, -0.05) is 0 Å². The highest BCUT2D eigenvalue weighted by molar-refractivity contribution is 5.96. The molecular formula is C17H16N4O2. The molecule has 1 amide bonds. The molecule has 0 spiro atoms. The second-order valence-electron chi connectivity index (χ2n) is 5.55. The molecule has 0 radical (unpaired) electrons. The van der Waals surface area contributed by atoms with Crippen LogP contribution < -0.4 is 5.32 Å². The molecule has 0 aliphatic heterocycles. The molecule has 2 N–H and O–H groups in total. The second-order valence-corrected chi connectivity index (χ2v) is 5.55. The van der Waals surface area contributed by atoms with Gasteiger partial charge in [0.15, 0.2) is 5.60 Å². The minimum absolute atomic E-state index is 0.0236. The van der Waals surface area contributed by atoms with E-state index in [4.69, 9.17) is 10.5 Å². The van der Waals surface area contributed by atoms with E-state index in [1.165, 1.54) is 6.92 Å². The molecule has 23 heavy (non-hydrogen) atoms. The molecule has 1 aromatic carbocycles. The summed E-state index contributed by atoms with van der Waals surface area (Å²) in [4.78, 5) is 12.3. The predicted molar refractivity (Wildman–Crippen MR) is 84.3 cm³/mol. The number of anilines is 1. The molecule has 0 saturated carbocycles. The highest BCUT2D eigenvalue weighted by Crippen LogP contribution is 2.17. The van der Waals surface area contributed by atoms with Crippen LogP contribution in [0.4, 0.5) is 5.69 Å². The highest BCUT2D eigenvalue weighted by Gasteiger charge is 2.30. The third kappa shape index (κ3) is 3.76. The number of amides is 1. The lowest BCUT2D eigenvalue weighted by Gasteiger charge is -2.23. The van der Waals surface area contributed by atoms with Crippen molar-refractivity contribution in [1.82, 2.24) is 4.57 Å². The summed E-state index contributed by atoms with van der Waals surface area (Å²) in [6, 6.07) is 10.6. The molecule has 0 unspecified atom stereocenters. The number of carbonyl (C=O) groups excluding carboxylic acids is 1. The van der Waals surface area contributed by atoms with E-state index in [-0.39, 0.29) is 6.54 Å². The normalized spacial score (nSPS) is 12.7. The third-order valence-corrected chi connectivity index (χ3v) is 3.46. The maximum atomic E-state index is 12.3. The maximum absolute atomic E-state index is 12.3. The van der Waals surface area contributed by atoms with Gasteiger partial charge in [-0.25, -0.2) is 0 Å². The van der Waals surface area contributed by atoms with Crippen molar-refractivity contribution in [3.63, 3.8) is 0 Å². The van der Waals surface area contributed by atoms with Gasteiger partial charge in [0, 0.05) is 18.1 Å². The van der Waals surface area contributed by atoms with Crippen LogP contribution >= 0.6 is 0 Å². The Morgan fingerprint density at radius 1 is 1.35 bits per heavy atom. The fourth-order valence-electron chi connectivity index (χ4n) is 2.17. The zero-order valence-corrected chi connectivity index (χ0v) is 12.9. The van der Waals surface area contributed by atoms with Crippen molar-refractivity contribution >= 4 is 11.6 Å². The molecule has 0 aliphatic carbocycles. The van der Waals surface area contributed by atoms with Crippen molar-refractivity contribution in [2.24, 2.45) is 0 Å². The number of nitrogens with zero attached hydrogens (tertiary/aromatic N) is 3. The standard InChI is InChI=1S/C17H16N4O2/c1-12-7-15(4-3-14(12)9-19)20-16(22)17(2,23)11-21-6-5-13(8-18)10-21/h3-7,10,23H,11H2,1-2H3,(H,20,22)/t17-/m0/s1. The first kappa shape index (κ1) is 16.3. The van der Waals surface area contributed by atoms with Gasteiger partial charge in [-0.05, 0) is 43.7 Å². The Bertz CT molecular complexity index is 822. The van der Waals surface area contributed by atoms with Crippen LogP contribution in [0.3, 0.4) is 0 Å². The number of nitriles is 2. The Balaban J connectivity index is 2.11. The van der Waals surface area contributed by atoms with E-state index in [2.05, 4.69) is 11.4 Å². The van der Waals surface area contributed by atoms with Crippen molar-refractivity contribution in [1.29, 1.82) is 10.5 Å². The lowest BCUT2D eigenvalue weighted by molar-refractivity contribution is -0.133. The first-order chi connectivity index (χ1) is 10.9. The summed E-state index contributed by atoms with van der Waals surface area (Å²) in [5.74, 6) is -0.561. The van der Waals surface area contributed by atoms with Crippen LogP contribution in [0.5, 0.6) is 0 Å². The molecule has 6 nitrogen and oxygen atoms in total. The third-order valence-electron chi connectivity index (χ3n) is 3.46. The van der Waals surface area contributed by atoms with E-state index in [9.17, 15) is 9.90 Å². The summed E-state index contributed by atoms with van der Waals surface area (Å²) < 4.78 is 1.59. The number of hydrogen-bond acceptors (Lipinski definition) is 4. The average Bonchev–Trinajstić information content (AvgIpc) is 2.94. The zero-order chi connectivity index (χ0) is 17.0. The Kier molecular flexibility index (Phi) is 4.49. The summed E-state index contributed by atoms with van der Waals surface area (Å²) in [7, 11) is 0. The predicted octanol–water partition coefficient (Wildman–Crippen LogP) is 1.93. The van der Waals surface area contributed by atoms with Gasteiger partial charge in [-0.3, -0.25) is 4.79 Å². The molecular weight excluding hydrogens is 292 g/mol. The summed E-state index contributed by atoms with van der Waals surface area (Å²) in [6.45, 7) is 3.20. The van der Waals surface area contributed by atoms with Gasteiger partial charge in [0.2, 0.25) is 0 Å². The fraction of sp³-hybridized carbons (Fsp3) is 0.235. The van der Waals surface area contributed by atoms with Crippen LogP contribution in [0, 0.1) is 29.6 Å². The van der Waals surface area contributed by atoms with Gasteiger partial charge in [0.05, 0.1) is 23.7 Å². The van der Waals surface area contributed by atoms with Crippen LogP contribution in [0.25, 0.3) is 0 Å². The Morgan fingerprint density at radius 2 is 2.09 bits per heavy atom. The first-order valence-electron chi connectivity index (χ1n) is 6.96. The number of carbonyl (C=O) groups is 1. The lowest BCUT2D eigenvalue weighted by Crippen LogP contribution is -2.43. The molecule has 1 atom stereocenters. The van der Waals surface area contributed by atoms with Gasteiger partial charge < -0.3 is 15.0 Å². The van der Waals surface area contributed by atoms with Crippen LogP contribution in [-0.4, -0.2) is 21.2 Å². The van der Waals surface area contributed by atoms with Crippen molar-refractivity contribution in [2.45, 2.75) is 26.0 Å². The van der Waals surface area contributed by atoms with Crippen molar-refractivity contribution in [3.05, 3.63) is 53.3 Å². The number of nitrogens with one attached hydrogen (secondary N) is 1. The minimum Gasteiger partial charge on any atom is -0.378 e. The van der Waals surface area contributed by atoms with Crippen molar-refractivity contribution in [3.8, 4) is 12.1 Å². The van der Waals surface area contributed by atoms with Crippen LogP contribution in [-0.2, 0) is 11.3 Å². The largest absolute Gasteiger partial charge is 0.378 e. The van der Waals surface area contributed by atoms with Crippen molar-refractivity contribution in [2.75, 3.05) is 5.32 Å². The van der Waals surface area contributed by atoms with E-state index in [0.717, 1.165) is 5.56 Å². The van der Waals surface area contributed by atoms with Crippen molar-refractivity contribution < 1.29 is 9.90 Å². The molecule has 0 aliphatic rings. The molecule has 2 rings (SSSR count). The fourth-order valence-corrected chi connectivity index (χ4v) is 2.17. The van der Waals surface area contributed by atoms with Gasteiger partial charge in [0.25, 0.3) is 5.91 Å². The SMILES string of the molecule is Cc1cc(NC(=O)[C@@](C)(O)Cn2ccc(C#N)c2)ccc1C#N. The molecule has 1 aromatic heterocycles. The molecule has 6 heteroatoms. The Labute approximate surface area is 134 Å². The second kappa shape index (κ2) is 6.35. The van der Waals surface area contributed by atoms with E-state index < -0.39 is 11.5 Å². The van der Waals surface area contributed by atoms with Crippen LogP contribution in [0.2, 0.25) is 0 Å². The number of hydrogen-bond donors (Lipinski definition) is 2. The van der Waals surface area contributed by atoms with E-state index in [1.807, 2.05) is 6.07 Å². The highest BCUT2D eigenvalue weighted by atomic mass is 16.3. The molecule has 1 heterocycles. The van der Waals surface area contributed by atoms with Gasteiger partial charge in [0.1, 0.15) is 6.07 Å². The summed E-state index contributed by atoms with van der Waals surface area (Å²) in [5, 5.41) is 30.7. The lowest BCUT2D eigenvalue weighted by atomic mass is 10.1. The number of aliphatic hydroxyl groups is 1.